The summed E-state index contributed by atoms with van der Waals surface area (Å²) in [5.74, 6) is -2.48. The van der Waals surface area contributed by atoms with Crippen LogP contribution < -0.4 is 0 Å². The van der Waals surface area contributed by atoms with Crippen LogP contribution in [0.4, 0.5) is 0 Å². The Bertz CT molecular complexity index is 2740. The second kappa shape index (κ2) is 75.1. The molecule has 0 aromatic carbocycles. The summed E-state index contributed by atoms with van der Waals surface area (Å²) in [6, 6.07) is 0. The average Bonchev–Trinajstić information content (AvgIpc) is 0.911. The molecule has 0 aliphatic carbocycles. The van der Waals surface area contributed by atoms with Crippen molar-refractivity contribution in [2.45, 2.75) is 277 Å². The van der Waals surface area contributed by atoms with Gasteiger partial charge in [0.25, 0.3) is 0 Å². The Morgan fingerprint density at radius 3 is 0.923 bits per heavy atom. The molecule has 0 aliphatic rings. The molecule has 0 saturated heterocycles. The van der Waals surface area contributed by atoms with Gasteiger partial charge in [-0.3, -0.25) is 37.3 Å². The molecule has 0 amide bonds. The molecule has 0 radical (unpaired) electrons. The van der Waals surface area contributed by atoms with E-state index in [-0.39, 0.29) is 25.7 Å². The van der Waals surface area contributed by atoms with Crippen LogP contribution in [0, 0.1) is 0 Å². The first kappa shape index (κ1) is 97.9. The van der Waals surface area contributed by atoms with Crippen molar-refractivity contribution in [3.05, 3.63) is 194 Å². The van der Waals surface area contributed by atoms with Gasteiger partial charge >= 0.3 is 39.5 Å². The van der Waals surface area contributed by atoms with E-state index < -0.39 is 97.5 Å². The molecular formula is C85H134O17P2. The summed E-state index contributed by atoms with van der Waals surface area (Å²) in [4.78, 5) is 72.8. The molecular weight excluding hydrogens is 1350 g/mol. The quantitative estimate of drug-likeness (QED) is 0.0169. The van der Waals surface area contributed by atoms with Gasteiger partial charge in [0, 0.05) is 19.3 Å². The molecule has 3 N–H and O–H groups in total. The smallest absolute Gasteiger partial charge is 0.462 e. The summed E-state index contributed by atoms with van der Waals surface area (Å²) in [7, 11) is -10.0. The number of unbranched alkanes of at least 4 members (excludes halogenated alkanes) is 13. The number of carbonyl (C=O) groups is 4. The number of carbonyl (C=O) groups excluding carboxylic acids is 4. The summed E-state index contributed by atoms with van der Waals surface area (Å²) >= 11 is 0. The molecule has 0 fully saturated rings. The lowest BCUT2D eigenvalue weighted by molar-refractivity contribution is -0.161. The van der Waals surface area contributed by atoms with Gasteiger partial charge in [-0.15, -0.1) is 0 Å². The van der Waals surface area contributed by atoms with Crippen molar-refractivity contribution < 1.29 is 80.2 Å². The molecule has 0 bridgehead atoms. The van der Waals surface area contributed by atoms with Gasteiger partial charge in [0.05, 0.1) is 32.8 Å². The fraction of sp³-hybridized carbons (Fsp3) is 0.576. The van der Waals surface area contributed by atoms with Gasteiger partial charge in [0.2, 0.25) is 0 Å². The van der Waals surface area contributed by atoms with Crippen molar-refractivity contribution >= 4 is 39.5 Å². The minimum absolute atomic E-state index is 0.00832. The minimum Gasteiger partial charge on any atom is -0.462 e. The highest BCUT2D eigenvalue weighted by atomic mass is 31.2. The van der Waals surface area contributed by atoms with E-state index in [2.05, 4.69) is 180 Å². The molecule has 0 aromatic rings. The minimum atomic E-state index is -5.03. The lowest BCUT2D eigenvalue weighted by Crippen LogP contribution is -2.30. The van der Waals surface area contributed by atoms with Crippen molar-refractivity contribution in [2.24, 2.45) is 0 Å². The number of aliphatic hydroxyl groups excluding tert-OH is 1. The summed E-state index contributed by atoms with van der Waals surface area (Å²) in [5.41, 5.74) is 0. The number of aliphatic hydroxyl groups is 1. The van der Waals surface area contributed by atoms with Crippen LogP contribution in [0.2, 0.25) is 0 Å². The maximum absolute atomic E-state index is 13.1. The van der Waals surface area contributed by atoms with E-state index in [4.69, 9.17) is 37.0 Å². The predicted molar refractivity (Wildman–Crippen MR) is 426 cm³/mol. The summed E-state index contributed by atoms with van der Waals surface area (Å²) in [5, 5.41) is 10.6. The zero-order valence-corrected chi connectivity index (χ0v) is 65.6. The Balaban J connectivity index is 5.53. The Hall–Kier alpha value is -6.10. The number of allylic oxidation sites excluding steroid dienone is 31. The Morgan fingerprint density at radius 1 is 0.288 bits per heavy atom. The second-order valence-corrected chi connectivity index (χ2v) is 27.7. The normalized spacial score (nSPS) is 15.0. The van der Waals surface area contributed by atoms with Crippen LogP contribution in [0.1, 0.15) is 259 Å². The third kappa shape index (κ3) is 74.2. The fourth-order valence-corrected chi connectivity index (χ4v) is 10.9. The SMILES string of the molecule is CC/C=C\C/C=C\C/C=C\C/C=C\C/C=C\C/C=C\CCC(=O)OCC(COP(=O)(O)OCC(O)COP(=O)(O)OCC(COC(=O)CCCCCC/C=C\C/C=C\C/C=C\C/C=C\CC)OC(=O)CCCCCCC/C=C\CCCCCC)OC(=O)C/C=C\C/C=C\C/C=C\C/C=C\C/C=C\CC. The number of ether oxygens (including phenoxy) is 4. The number of esters is 4. The number of phosphoric ester groups is 2. The maximum Gasteiger partial charge on any atom is 0.472 e. The molecule has 5 unspecified atom stereocenters. The first-order valence-corrected chi connectivity index (χ1v) is 41.7. The predicted octanol–water partition coefficient (Wildman–Crippen LogP) is 22.5. The molecule has 17 nitrogen and oxygen atoms in total. The number of hydrogen-bond donors (Lipinski definition) is 3. The van der Waals surface area contributed by atoms with Gasteiger partial charge in [-0.2, -0.15) is 0 Å². The Kier molecular flexibility index (Phi) is 70.7. The van der Waals surface area contributed by atoms with Crippen molar-refractivity contribution in [3.63, 3.8) is 0 Å². The molecule has 0 rings (SSSR count). The van der Waals surface area contributed by atoms with Gasteiger partial charge in [-0.25, -0.2) is 9.13 Å². The molecule has 586 valence electrons. The van der Waals surface area contributed by atoms with E-state index in [1.807, 2.05) is 30.4 Å². The van der Waals surface area contributed by atoms with E-state index in [1.165, 1.54) is 25.7 Å². The molecule has 5 atom stereocenters. The van der Waals surface area contributed by atoms with Crippen LogP contribution in [-0.2, 0) is 65.4 Å². The summed E-state index contributed by atoms with van der Waals surface area (Å²) in [6.07, 6.45) is 91.8. The molecule has 104 heavy (non-hydrogen) atoms. The molecule has 0 aromatic heterocycles. The van der Waals surface area contributed by atoms with Gasteiger partial charge in [0.15, 0.2) is 12.2 Å². The van der Waals surface area contributed by atoms with Crippen molar-refractivity contribution in [1.29, 1.82) is 0 Å². The third-order valence-electron chi connectivity index (χ3n) is 15.1. The van der Waals surface area contributed by atoms with Crippen LogP contribution >= 0.6 is 15.6 Å². The van der Waals surface area contributed by atoms with E-state index >= 15 is 0 Å². The van der Waals surface area contributed by atoms with Gasteiger partial charge < -0.3 is 33.8 Å². The topological polar surface area (TPSA) is 237 Å². The third-order valence-corrected chi connectivity index (χ3v) is 17.0. The Morgan fingerprint density at radius 2 is 0.558 bits per heavy atom. The van der Waals surface area contributed by atoms with E-state index in [1.54, 1.807) is 12.2 Å². The summed E-state index contributed by atoms with van der Waals surface area (Å²) < 4.78 is 68.3. The van der Waals surface area contributed by atoms with Gasteiger partial charge in [-0.1, -0.05) is 273 Å². The van der Waals surface area contributed by atoms with Crippen LogP contribution in [0.5, 0.6) is 0 Å². The number of rotatable bonds is 70. The zero-order chi connectivity index (χ0) is 76.0. The fourth-order valence-electron chi connectivity index (χ4n) is 9.31. The van der Waals surface area contributed by atoms with E-state index in [9.17, 15) is 43.2 Å². The highest BCUT2D eigenvalue weighted by molar-refractivity contribution is 7.47. The highest BCUT2D eigenvalue weighted by Gasteiger charge is 2.30. The molecule has 0 aliphatic heterocycles. The van der Waals surface area contributed by atoms with E-state index in [0.29, 0.717) is 32.1 Å². The first-order chi connectivity index (χ1) is 50.7. The van der Waals surface area contributed by atoms with Gasteiger partial charge in [-0.05, 0) is 154 Å². The standard InChI is InChI=1S/C85H134O17P2/c1-5-9-13-17-21-25-29-33-36-38-39-41-44-47-50-54-58-62-66-70-83(88)96-76-81(102-85(90)72-68-64-60-56-52-48-42-35-31-27-23-19-15-11-7-3)78-100-104(93,94)98-74-79(86)73-97-103(91,92)99-77-80(101-84(89)71-67-63-59-55-51-45-32-28-24-20-16-12-8-4)75-95-82(87)69-65-61-57-53-49-46-43-40-37-34-30-26-22-18-14-10-6-2/h9-11,13-15,21-23,25-28,32-37,39,41-43,46-47,50,52,56,58,62,64,68,79-81,86H,5-8,12,16-20,24,29-31,38,40,44-45,48-49,51,53-55,57,59-61,63,65-67,69-78H2,1-4H3,(H,91,92)(H,93,94)/b13-9-,14-10-,15-11-,25-21-,26-22-,27-23-,32-28-,36-33-,37-34-,41-39-,42-35-,46-43-,50-47-,56-52-,62-58-,68-64-. The monoisotopic (exact) mass is 1490 g/mol. The second-order valence-electron chi connectivity index (χ2n) is 24.8. The van der Waals surface area contributed by atoms with Crippen LogP contribution in [0.15, 0.2) is 194 Å². The average molecular weight is 1490 g/mol. The van der Waals surface area contributed by atoms with Crippen LogP contribution in [-0.4, -0.2) is 96.7 Å². The molecule has 0 saturated carbocycles. The molecule has 0 spiro atoms. The largest absolute Gasteiger partial charge is 0.472 e. The van der Waals surface area contributed by atoms with Crippen molar-refractivity contribution in [1.82, 2.24) is 0 Å². The lowest BCUT2D eigenvalue weighted by atomic mass is 10.1. The number of hydrogen-bond acceptors (Lipinski definition) is 15. The van der Waals surface area contributed by atoms with Crippen molar-refractivity contribution in [3.8, 4) is 0 Å². The summed E-state index contributed by atoms with van der Waals surface area (Å²) in [6.45, 7) is 4.24. The van der Waals surface area contributed by atoms with Crippen LogP contribution in [0.3, 0.4) is 0 Å². The van der Waals surface area contributed by atoms with Gasteiger partial charge in [0.1, 0.15) is 19.3 Å². The number of phosphoric acid groups is 2. The first-order valence-electron chi connectivity index (χ1n) is 38.7. The molecule has 0 heterocycles. The highest BCUT2D eigenvalue weighted by Crippen LogP contribution is 2.45. The zero-order valence-electron chi connectivity index (χ0n) is 63.9. The van der Waals surface area contributed by atoms with Crippen molar-refractivity contribution in [2.75, 3.05) is 39.6 Å². The molecule has 19 heteroatoms. The van der Waals surface area contributed by atoms with Crippen LogP contribution in [0.25, 0.3) is 0 Å². The lowest BCUT2D eigenvalue weighted by Gasteiger charge is -2.21. The van der Waals surface area contributed by atoms with E-state index in [0.717, 1.165) is 148 Å². The maximum atomic E-state index is 13.1. The Labute approximate surface area is 627 Å².